The van der Waals surface area contributed by atoms with Gasteiger partial charge in [-0.05, 0) is 214 Å². The van der Waals surface area contributed by atoms with E-state index in [0.29, 0.717) is 19.8 Å². The molecular formula is C78H90N2O8S. The van der Waals surface area contributed by atoms with Crippen molar-refractivity contribution in [3.05, 3.63) is 230 Å². The van der Waals surface area contributed by atoms with E-state index >= 15 is 0 Å². The number of thiophene rings is 1. The van der Waals surface area contributed by atoms with Crippen molar-refractivity contribution in [2.45, 2.75) is 149 Å². The molecular weight excluding hydrogens is 1120 g/mol. The zero-order valence-electron chi connectivity index (χ0n) is 52.7. The second-order valence-electron chi connectivity index (χ2n) is 22.7. The fraction of sp³-hybridized carbons (Fsp3) is 0.333. The Morgan fingerprint density at radius 1 is 0.404 bits per heavy atom. The second kappa shape index (κ2) is 36.7. The highest BCUT2D eigenvalue weighted by Crippen LogP contribution is 2.43. The van der Waals surface area contributed by atoms with E-state index < -0.39 is 5.97 Å². The normalized spacial score (nSPS) is 11.3. The van der Waals surface area contributed by atoms with Crippen molar-refractivity contribution in [3.8, 4) is 20.9 Å². The highest BCUT2D eigenvalue weighted by atomic mass is 32.1. The number of carbonyl (C=O) groups excluding carboxylic acids is 4. The first-order valence-corrected chi connectivity index (χ1v) is 32.7. The molecule has 7 aromatic rings. The molecule has 0 amide bonds. The maximum atomic E-state index is 12.5. The van der Waals surface area contributed by atoms with Crippen molar-refractivity contribution in [1.82, 2.24) is 0 Å². The summed E-state index contributed by atoms with van der Waals surface area (Å²) in [5, 5.41) is 0. The molecule has 89 heavy (non-hydrogen) atoms. The first kappa shape index (κ1) is 68.0. The third-order valence-corrected chi connectivity index (χ3v) is 17.1. The summed E-state index contributed by atoms with van der Waals surface area (Å²) < 4.78 is 21.3. The second-order valence-corrected chi connectivity index (χ2v) is 23.7. The van der Waals surface area contributed by atoms with Crippen LogP contribution in [0.3, 0.4) is 0 Å². The van der Waals surface area contributed by atoms with Gasteiger partial charge in [0.2, 0.25) is 0 Å². The lowest BCUT2D eigenvalue weighted by molar-refractivity contribution is -0.144. The van der Waals surface area contributed by atoms with Gasteiger partial charge in [-0.15, -0.1) is 11.3 Å². The number of hydrogen-bond acceptors (Lipinski definition) is 11. The number of ether oxygens (including phenoxy) is 4. The van der Waals surface area contributed by atoms with Crippen LogP contribution in [0.2, 0.25) is 0 Å². The standard InChI is InChI=1S/C78H90N2O8S/c1-8-13-20-30-72(88-78(84)12-5)63-37-45-67(46-38-63)80(66-43-35-62(36-44-66)29-23-16-19-26-55-87-77(83)11-4)69-48-50-71(59(7)57-69)74-52-51-73(89-74)70-49-47-68(56-58(70)6)79(64-39-31-60(32-40-64)27-21-14-17-24-53-85-75(81)9-2)65-41-33-61(34-42-65)28-22-15-18-25-54-86-76(82)10-3/h9-12,31-52,56-57,72H,2-5,8,13-30,53-55H2,1,6-7H3. The van der Waals surface area contributed by atoms with E-state index in [2.05, 4.69) is 202 Å². The van der Waals surface area contributed by atoms with Gasteiger partial charge >= 0.3 is 23.9 Å². The number of esters is 4. The van der Waals surface area contributed by atoms with Crippen molar-refractivity contribution in [2.75, 3.05) is 29.6 Å². The van der Waals surface area contributed by atoms with Crippen molar-refractivity contribution in [1.29, 1.82) is 0 Å². The zero-order valence-corrected chi connectivity index (χ0v) is 53.5. The molecule has 1 heterocycles. The van der Waals surface area contributed by atoms with Crippen LogP contribution in [0.1, 0.15) is 149 Å². The predicted octanol–water partition coefficient (Wildman–Crippen LogP) is 20.5. The average Bonchev–Trinajstić information content (AvgIpc) is 2.97. The summed E-state index contributed by atoms with van der Waals surface area (Å²) >= 11 is 1.81. The molecule has 0 spiro atoms. The first-order chi connectivity index (χ1) is 43.4. The van der Waals surface area contributed by atoms with Crippen LogP contribution in [0.4, 0.5) is 34.1 Å². The number of aryl methyl sites for hydroxylation is 5. The van der Waals surface area contributed by atoms with Gasteiger partial charge in [0, 0.05) is 68.2 Å². The number of rotatable bonds is 39. The molecule has 10 nitrogen and oxygen atoms in total. The van der Waals surface area contributed by atoms with Crippen LogP contribution in [0.5, 0.6) is 0 Å². The van der Waals surface area contributed by atoms with E-state index in [1.54, 1.807) is 11.3 Å². The monoisotopic (exact) mass is 1210 g/mol. The molecule has 0 saturated heterocycles. The van der Waals surface area contributed by atoms with Crippen molar-refractivity contribution >= 4 is 69.3 Å². The molecule has 0 bridgehead atoms. The summed E-state index contributed by atoms with van der Waals surface area (Å²) in [7, 11) is 0. The largest absolute Gasteiger partial charge is 0.463 e. The molecule has 0 saturated carbocycles. The summed E-state index contributed by atoms with van der Waals surface area (Å²) in [4.78, 5) is 53.8. The molecule has 1 unspecified atom stereocenters. The fourth-order valence-corrected chi connectivity index (χ4v) is 12.2. The van der Waals surface area contributed by atoms with Crippen LogP contribution < -0.4 is 9.80 Å². The number of nitrogens with zero attached hydrogens (tertiary/aromatic N) is 2. The molecule has 1 atom stereocenters. The molecule has 11 heteroatoms. The summed E-state index contributed by atoms with van der Waals surface area (Å²) in [5.41, 5.74) is 15.8. The van der Waals surface area contributed by atoms with Gasteiger partial charge in [0.15, 0.2) is 0 Å². The minimum absolute atomic E-state index is 0.359. The van der Waals surface area contributed by atoms with Gasteiger partial charge in [0.1, 0.15) is 6.10 Å². The van der Waals surface area contributed by atoms with E-state index in [9.17, 15) is 19.2 Å². The summed E-state index contributed by atoms with van der Waals surface area (Å²) in [5.74, 6) is -1.53. The Morgan fingerprint density at radius 2 is 0.742 bits per heavy atom. The van der Waals surface area contributed by atoms with Crippen LogP contribution in [-0.4, -0.2) is 43.7 Å². The molecule has 0 aliphatic rings. The van der Waals surface area contributed by atoms with Gasteiger partial charge in [-0.3, -0.25) is 0 Å². The molecule has 0 N–H and O–H groups in total. The highest BCUT2D eigenvalue weighted by Gasteiger charge is 2.21. The van der Waals surface area contributed by atoms with Gasteiger partial charge in [-0.25, -0.2) is 19.2 Å². The van der Waals surface area contributed by atoms with E-state index in [4.69, 9.17) is 18.9 Å². The molecule has 0 fully saturated rings. The van der Waals surface area contributed by atoms with Crippen molar-refractivity contribution < 1.29 is 38.1 Å². The smallest absolute Gasteiger partial charge is 0.330 e. The van der Waals surface area contributed by atoms with Crippen LogP contribution in [0.15, 0.2) is 196 Å². The SMILES string of the molecule is C=CC(=O)OCCCCCCc1ccc(N(c2ccc(CCCCCCOC(=O)C=C)cc2)c2ccc(-c3ccc(-c4ccc(N(c5ccc(CCCCCCOC(=O)C=C)cc5)c5ccc(C(CCCCC)OC(=O)C=C)cc5)cc4C)s3)c(C)c2)cc1. The number of anilines is 6. The Labute approximate surface area is 533 Å². The minimum atomic E-state index is -0.418. The Hall–Kier alpha value is -8.54. The maximum Gasteiger partial charge on any atom is 0.330 e. The Morgan fingerprint density at radius 3 is 1.08 bits per heavy atom. The third kappa shape index (κ3) is 21.3. The van der Waals surface area contributed by atoms with Crippen molar-refractivity contribution in [2.24, 2.45) is 0 Å². The van der Waals surface area contributed by atoms with Gasteiger partial charge in [0.25, 0.3) is 0 Å². The van der Waals surface area contributed by atoms with Crippen LogP contribution >= 0.6 is 11.3 Å². The summed E-state index contributed by atoms with van der Waals surface area (Å²) in [6, 6.07) is 53.2. The number of benzene rings is 6. The highest BCUT2D eigenvalue weighted by molar-refractivity contribution is 7.18. The Balaban J connectivity index is 1.10. The van der Waals surface area contributed by atoms with E-state index in [1.165, 1.54) is 67.4 Å². The van der Waals surface area contributed by atoms with Gasteiger partial charge in [0.05, 0.1) is 19.8 Å². The molecule has 0 aliphatic heterocycles. The summed E-state index contributed by atoms with van der Waals surface area (Å²) in [6.07, 6.45) is 23.1. The minimum Gasteiger partial charge on any atom is -0.463 e. The number of carbonyl (C=O) groups is 4. The lowest BCUT2D eigenvalue weighted by Crippen LogP contribution is -2.12. The summed E-state index contributed by atoms with van der Waals surface area (Å²) in [6.45, 7) is 21.9. The van der Waals surface area contributed by atoms with E-state index in [-0.39, 0.29) is 24.0 Å². The average molecular weight is 1220 g/mol. The Kier molecular flexibility index (Phi) is 28.0. The van der Waals surface area contributed by atoms with E-state index in [0.717, 1.165) is 167 Å². The van der Waals surface area contributed by atoms with Crippen LogP contribution in [0.25, 0.3) is 20.9 Å². The third-order valence-electron chi connectivity index (χ3n) is 16.0. The molecule has 466 valence electrons. The molecule has 6 aromatic carbocycles. The lowest BCUT2D eigenvalue weighted by atomic mass is 10.0. The van der Waals surface area contributed by atoms with Crippen LogP contribution in [0, 0.1) is 13.8 Å². The molecule has 0 aliphatic carbocycles. The predicted molar refractivity (Wildman–Crippen MR) is 367 cm³/mol. The van der Waals surface area contributed by atoms with Crippen LogP contribution in [-0.2, 0) is 57.4 Å². The van der Waals surface area contributed by atoms with E-state index in [1.807, 2.05) is 0 Å². The Bertz CT molecular complexity index is 3320. The van der Waals surface area contributed by atoms with Crippen molar-refractivity contribution in [3.63, 3.8) is 0 Å². The molecule has 1 aromatic heterocycles. The zero-order chi connectivity index (χ0) is 63.2. The van der Waals surface area contributed by atoms with Gasteiger partial charge in [-0.2, -0.15) is 0 Å². The number of hydrogen-bond donors (Lipinski definition) is 0. The number of unbranched alkanes of at least 4 members (excludes halogenated alkanes) is 11. The molecule has 7 rings (SSSR count). The molecule has 0 radical (unpaired) electrons. The van der Waals surface area contributed by atoms with Gasteiger partial charge in [-0.1, -0.05) is 145 Å². The maximum absolute atomic E-state index is 12.5. The first-order valence-electron chi connectivity index (χ1n) is 31.9. The quantitative estimate of drug-likeness (QED) is 0.0160. The fourth-order valence-electron chi connectivity index (χ4n) is 11.0. The topological polar surface area (TPSA) is 112 Å². The van der Waals surface area contributed by atoms with Gasteiger partial charge < -0.3 is 28.7 Å². The lowest BCUT2D eigenvalue weighted by Gasteiger charge is -2.27.